The van der Waals surface area contributed by atoms with E-state index in [0.717, 1.165) is 34.9 Å². The number of aromatic nitrogens is 1. The van der Waals surface area contributed by atoms with E-state index < -0.39 is 6.10 Å². The topological polar surface area (TPSA) is 102 Å². The zero-order valence-electron chi connectivity index (χ0n) is 19.4. The Kier molecular flexibility index (Phi) is 7.75. The highest BCUT2D eigenvalue weighted by atomic mass is 32.1. The van der Waals surface area contributed by atoms with Crippen LogP contribution in [-0.2, 0) is 4.79 Å². The van der Waals surface area contributed by atoms with E-state index in [1.165, 1.54) is 0 Å². The predicted molar refractivity (Wildman–Crippen MR) is 133 cm³/mol. The maximum Gasteiger partial charge on any atom is 0.238 e. The summed E-state index contributed by atoms with van der Waals surface area (Å²) in [4.78, 5) is 21.2. The lowest BCUT2D eigenvalue weighted by molar-refractivity contribution is -0.118. The Balaban J connectivity index is 1.20. The smallest absolute Gasteiger partial charge is 0.238 e. The van der Waals surface area contributed by atoms with Crippen LogP contribution in [0.2, 0.25) is 0 Å². The van der Waals surface area contributed by atoms with E-state index in [0.29, 0.717) is 30.1 Å². The van der Waals surface area contributed by atoms with Gasteiger partial charge in [-0.1, -0.05) is 0 Å². The van der Waals surface area contributed by atoms with E-state index in [1.54, 1.807) is 35.6 Å². The lowest BCUT2D eigenvalue weighted by atomic mass is 10.1. The molecular weight excluding hydrogens is 450 g/mol. The highest BCUT2D eigenvalue weighted by molar-refractivity contribution is 7.18. The monoisotopic (exact) mass is 479 g/mol. The van der Waals surface area contributed by atoms with Crippen molar-refractivity contribution in [1.82, 2.24) is 14.8 Å². The van der Waals surface area contributed by atoms with Gasteiger partial charge in [0.05, 0.1) is 33.4 Å². The van der Waals surface area contributed by atoms with Crippen LogP contribution in [0, 0.1) is 18.3 Å². The number of nitrogens with one attached hydrogen (secondary N) is 1. The first-order valence-corrected chi connectivity index (χ1v) is 12.2. The number of carbonyl (C=O) groups excluding carboxylic acids is 1. The van der Waals surface area contributed by atoms with Gasteiger partial charge in [0.1, 0.15) is 18.5 Å². The number of benzene rings is 2. The van der Waals surface area contributed by atoms with E-state index in [4.69, 9.17) is 10.00 Å². The van der Waals surface area contributed by atoms with Crippen molar-refractivity contribution >= 4 is 33.1 Å². The Labute approximate surface area is 203 Å². The number of hydrogen-bond acceptors (Lipinski definition) is 8. The molecule has 0 aliphatic carbocycles. The van der Waals surface area contributed by atoms with E-state index >= 15 is 0 Å². The number of carbonyl (C=O) groups is 1. The SMILES string of the molecule is Cc1nc2cc(OCC(O)CN3CCN(CC(=O)Nc4ccc(C#N)cc4)CC3C)ccc2s1. The normalized spacial score (nSPS) is 17.9. The zero-order valence-corrected chi connectivity index (χ0v) is 20.2. The lowest BCUT2D eigenvalue weighted by Crippen LogP contribution is -2.55. The minimum absolute atomic E-state index is 0.0777. The number of aliphatic hydroxyl groups excluding tert-OH is 1. The number of nitriles is 1. The summed E-state index contributed by atoms with van der Waals surface area (Å²) in [5.74, 6) is 0.633. The van der Waals surface area contributed by atoms with Crippen LogP contribution in [0.4, 0.5) is 5.69 Å². The molecule has 1 aliphatic rings. The van der Waals surface area contributed by atoms with Gasteiger partial charge in [-0.3, -0.25) is 14.6 Å². The number of nitrogens with zero attached hydrogens (tertiary/aromatic N) is 4. The van der Waals surface area contributed by atoms with Gasteiger partial charge in [-0.25, -0.2) is 4.98 Å². The molecule has 0 radical (unpaired) electrons. The Hall–Kier alpha value is -3.03. The van der Waals surface area contributed by atoms with Gasteiger partial charge in [-0.05, 0) is 50.2 Å². The molecular formula is C25H29N5O3S. The second-order valence-electron chi connectivity index (χ2n) is 8.64. The number of thiazole rings is 1. The summed E-state index contributed by atoms with van der Waals surface area (Å²) >= 11 is 1.65. The van der Waals surface area contributed by atoms with Crippen LogP contribution >= 0.6 is 11.3 Å². The molecule has 9 heteroatoms. The average Bonchev–Trinajstić information content (AvgIpc) is 3.19. The van der Waals surface area contributed by atoms with Crippen molar-refractivity contribution in [1.29, 1.82) is 5.26 Å². The van der Waals surface area contributed by atoms with Crippen molar-refractivity contribution in [2.45, 2.75) is 26.0 Å². The third-order valence-electron chi connectivity index (χ3n) is 5.87. The van der Waals surface area contributed by atoms with Crippen molar-refractivity contribution in [3.05, 3.63) is 53.0 Å². The summed E-state index contributed by atoms with van der Waals surface area (Å²) < 4.78 is 6.94. The number of aryl methyl sites for hydroxylation is 1. The van der Waals surface area contributed by atoms with Crippen molar-refractivity contribution in [2.24, 2.45) is 0 Å². The number of ether oxygens (including phenoxy) is 1. The highest BCUT2D eigenvalue weighted by Gasteiger charge is 2.26. The summed E-state index contributed by atoms with van der Waals surface area (Å²) in [5.41, 5.74) is 2.16. The first kappa shape index (κ1) is 24.1. The van der Waals surface area contributed by atoms with Gasteiger partial charge in [-0.2, -0.15) is 5.26 Å². The molecule has 2 aromatic carbocycles. The van der Waals surface area contributed by atoms with Crippen LogP contribution < -0.4 is 10.1 Å². The Morgan fingerprint density at radius 1 is 1.32 bits per heavy atom. The largest absolute Gasteiger partial charge is 0.491 e. The average molecular weight is 480 g/mol. The first-order chi connectivity index (χ1) is 16.4. The van der Waals surface area contributed by atoms with Crippen LogP contribution in [-0.4, -0.2) is 77.3 Å². The molecule has 1 fully saturated rings. The quantitative estimate of drug-likeness (QED) is 0.512. The van der Waals surface area contributed by atoms with E-state index in [1.807, 2.05) is 25.1 Å². The van der Waals surface area contributed by atoms with Crippen LogP contribution in [0.15, 0.2) is 42.5 Å². The van der Waals surface area contributed by atoms with Crippen molar-refractivity contribution in [2.75, 3.05) is 44.6 Å². The number of β-amino-alcohol motifs (C(OH)–C–C–N with tert-alkyl or cyclic N) is 1. The zero-order chi connectivity index (χ0) is 24.1. The first-order valence-electron chi connectivity index (χ1n) is 11.3. The van der Waals surface area contributed by atoms with Gasteiger partial charge in [0.15, 0.2) is 0 Å². The fraction of sp³-hybridized carbons (Fsp3) is 0.400. The second kappa shape index (κ2) is 10.9. The Bertz CT molecular complexity index is 1170. The van der Waals surface area contributed by atoms with Gasteiger partial charge < -0.3 is 15.2 Å². The molecule has 3 aromatic rings. The number of hydrogen-bond donors (Lipinski definition) is 2. The minimum atomic E-state index is -0.610. The molecule has 0 spiro atoms. The molecule has 2 atom stereocenters. The third-order valence-corrected chi connectivity index (χ3v) is 6.82. The molecule has 2 N–H and O–H groups in total. The molecule has 178 valence electrons. The molecule has 1 aliphatic heterocycles. The van der Waals surface area contributed by atoms with Crippen molar-refractivity contribution in [3.8, 4) is 11.8 Å². The number of amides is 1. The van der Waals surface area contributed by atoms with Crippen LogP contribution in [0.25, 0.3) is 10.2 Å². The molecule has 2 heterocycles. The van der Waals surface area contributed by atoms with Crippen LogP contribution in [0.1, 0.15) is 17.5 Å². The molecule has 4 rings (SSSR count). The van der Waals surface area contributed by atoms with Gasteiger partial charge >= 0.3 is 0 Å². The third kappa shape index (κ3) is 6.30. The van der Waals surface area contributed by atoms with E-state index in [9.17, 15) is 9.90 Å². The summed E-state index contributed by atoms with van der Waals surface area (Å²) in [6, 6.07) is 14.9. The van der Waals surface area contributed by atoms with Crippen LogP contribution in [0.3, 0.4) is 0 Å². The number of aliphatic hydroxyl groups is 1. The van der Waals surface area contributed by atoms with Gasteiger partial charge in [0, 0.05) is 44.0 Å². The molecule has 1 aromatic heterocycles. The van der Waals surface area contributed by atoms with Gasteiger partial charge in [0.25, 0.3) is 0 Å². The number of rotatable bonds is 8. The number of piperazine rings is 1. The maximum atomic E-state index is 12.4. The molecule has 1 saturated heterocycles. The molecule has 1 amide bonds. The minimum Gasteiger partial charge on any atom is -0.491 e. The standard InChI is InChI=1S/C25H29N5O3S/c1-17-13-29(15-25(32)28-20-5-3-19(12-26)4-6-20)9-10-30(17)14-21(31)16-33-22-7-8-24-23(11-22)27-18(2)34-24/h3-8,11,17,21,31H,9-10,13-16H2,1-2H3,(H,28,32). The molecule has 0 saturated carbocycles. The lowest BCUT2D eigenvalue weighted by Gasteiger charge is -2.40. The Morgan fingerprint density at radius 2 is 2.12 bits per heavy atom. The fourth-order valence-corrected chi connectivity index (χ4v) is 4.95. The fourth-order valence-electron chi connectivity index (χ4n) is 4.15. The summed E-state index contributed by atoms with van der Waals surface area (Å²) in [6.45, 7) is 7.40. The van der Waals surface area contributed by atoms with Crippen LogP contribution in [0.5, 0.6) is 5.75 Å². The molecule has 34 heavy (non-hydrogen) atoms. The predicted octanol–water partition coefficient (Wildman–Crippen LogP) is 2.86. The van der Waals surface area contributed by atoms with Crippen molar-refractivity contribution < 1.29 is 14.6 Å². The van der Waals surface area contributed by atoms with Gasteiger partial charge in [0.2, 0.25) is 5.91 Å². The summed E-state index contributed by atoms with van der Waals surface area (Å²) in [7, 11) is 0. The molecule has 0 bridgehead atoms. The van der Waals surface area contributed by atoms with Crippen molar-refractivity contribution in [3.63, 3.8) is 0 Å². The van der Waals surface area contributed by atoms with E-state index in [-0.39, 0.29) is 18.6 Å². The molecule has 2 unspecified atom stereocenters. The Morgan fingerprint density at radius 3 is 2.85 bits per heavy atom. The highest BCUT2D eigenvalue weighted by Crippen LogP contribution is 2.25. The number of anilines is 1. The summed E-state index contributed by atoms with van der Waals surface area (Å²) in [6.07, 6.45) is -0.610. The maximum absolute atomic E-state index is 12.4. The summed E-state index contributed by atoms with van der Waals surface area (Å²) in [5, 5.41) is 23.3. The van der Waals surface area contributed by atoms with E-state index in [2.05, 4.69) is 33.1 Å². The molecule has 8 nitrogen and oxygen atoms in total. The van der Waals surface area contributed by atoms with Gasteiger partial charge in [-0.15, -0.1) is 11.3 Å². The second-order valence-corrected chi connectivity index (χ2v) is 9.88. The number of fused-ring (bicyclic) bond motifs is 1.